The van der Waals surface area contributed by atoms with E-state index in [2.05, 4.69) is 5.32 Å². The molecule has 0 aliphatic carbocycles. The topological polar surface area (TPSA) is 62.5 Å². The number of amides is 1. The van der Waals surface area contributed by atoms with Crippen molar-refractivity contribution in [2.75, 3.05) is 5.32 Å². The van der Waals surface area contributed by atoms with Gasteiger partial charge in [-0.15, -0.1) is 0 Å². The van der Waals surface area contributed by atoms with Gasteiger partial charge in [0.15, 0.2) is 5.76 Å². The molecule has 0 bridgehead atoms. The first-order valence-electron chi connectivity index (χ1n) is 9.21. The number of aliphatic hydroxyl groups is 1. The fourth-order valence-electron chi connectivity index (χ4n) is 3.13. The fourth-order valence-corrected chi connectivity index (χ4v) is 3.50. The maximum Gasteiger partial charge on any atom is 0.291 e. The predicted octanol–water partition coefficient (Wildman–Crippen LogP) is 6.59. The number of nitrogens with one attached hydrogen (secondary N) is 1. The van der Waals surface area contributed by atoms with Crippen molar-refractivity contribution >= 4 is 34.8 Å². The van der Waals surface area contributed by atoms with Gasteiger partial charge >= 0.3 is 0 Å². The average Bonchev–Trinajstić information content (AvgIpc) is 3.26. The molecule has 1 atom stereocenters. The van der Waals surface area contributed by atoms with E-state index in [0.29, 0.717) is 32.6 Å². The number of rotatable bonds is 5. The first-order chi connectivity index (χ1) is 14.5. The number of carbonyl (C=O) groups is 1. The summed E-state index contributed by atoms with van der Waals surface area (Å²) in [7, 11) is 0. The van der Waals surface area contributed by atoms with Gasteiger partial charge in [0.1, 0.15) is 11.9 Å². The van der Waals surface area contributed by atoms with E-state index in [0.717, 1.165) is 5.56 Å². The zero-order valence-corrected chi connectivity index (χ0v) is 17.2. The van der Waals surface area contributed by atoms with Gasteiger partial charge in [-0.2, -0.15) is 0 Å². The van der Waals surface area contributed by atoms with Gasteiger partial charge in [-0.05, 0) is 48.0 Å². The molecule has 150 valence electrons. The lowest BCUT2D eigenvalue weighted by molar-refractivity contribution is 0.0997. The number of anilines is 1. The molecular formula is C24H17Cl2NO3. The molecule has 3 aromatic carbocycles. The minimum atomic E-state index is -0.946. The number of hydrogen-bond donors (Lipinski definition) is 2. The fraction of sp³-hybridized carbons (Fsp3) is 0.0417. The van der Waals surface area contributed by atoms with Crippen LogP contribution in [0.5, 0.6) is 0 Å². The zero-order valence-electron chi connectivity index (χ0n) is 15.7. The number of halogens is 2. The third-order valence-electron chi connectivity index (χ3n) is 4.61. The number of furan rings is 1. The number of benzene rings is 3. The van der Waals surface area contributed by atoms with Crippen LogP contribution in [-0.2, 0) is 0 Å². The SMILES string of the molecule is O=C(Nc1ccc(Cl)cc1C(O)c1ccccc1)c1ccc(-c2cccc(Cl)c2)o1. The van der Waals surface area contributed by atoms with Crippen LogP contribution < -0.4 is 5.32 Å². The summed E-state index contributed by atoms with van der Waals surface area (Å²) < 4.78 is 5.71. The summed E-state index contributed by atoms with van der Waals surface area (Å²) in [5.41, 5.74) is 2.40. The Bertz CT molecular complexity index is 1190. The van der Waals surface area contributed by atoms with Gasteiger partial charge < -0.3 is 14.8 Å². The Morgan fingerprint density at radius 1 is 0.867 bits per heavy atom. The summed E-state index contributed by atoms with van der Waals surface area (Å²) in [6.07, 6.45) is -0.946. The summed E-state index contributed by atoms with van der Waals surface area (Å²) in [4.78, 5) is 12.8. The van der Waals surface area contributed by atoms with Gasteiger partial charge in [0.25, 0.3) is 5.91 Å². The molecule has 2 N–H and O–H groups in total. The maximum atomic E-state index is 12.8. The highest BCUT2D eigenvalue weighted by Crippen LogP contribution is 2.32. The van der Waals surface area contributed by atoms with Crippen molar-refractivity contribution in [3.63, 3.8) is 0 Å². The van der Waals surface area contributed by atoms with Crippen molar-refractivity contribution < 1.29 is 14.3 Å². The Kier molecular flexibility index (Phi) is 5.91. The third-order valence-corrected chi connectivity index (χ3v) is 5.08. The molecule has 6 heteroatoms. The maximum absolute atomic E-state index is 12.8. The van der Waals surface area contributed by atoms with E-state index >= 15 is 0 Å². The molecule has 4 rings (SSSR count). The lowest BCUT2D eigenvalue weighted by Gasteiger charge is -2.17. The van der Waals surface area contributed by atoms with Crippen molar-refractivity contribution in [2.45, 2.75) is 6.10 Å². The molecule has 0 aliphatic heterocycles. The number of carbonyl (C=O) groups excluding carboxylic acids is 1. The molecule has 1 aromatic heterocycles. The standard InChI is InChI=1S/C24H17Cl2NO3/c25-17-8-4-7-16(13-17)21-11-12-22(30-21)24(29)27-20-10-9-18(26)14-19(20)23(28)15-5-2-1-3-6-15/h1-14,23,28H,(H,27,29). The molecule has 4 aromatic rings. The van der Waals surface area contributed by atoms with Crippen LogP contribution in [0.2, 0.25) is 10.0 Å². The van der Waals surface area contributed by atoms with Gasteiger partial charge in [-0.25, -0.2) is 0 Å². The molecule has 0 radical (unpaired) electrons. The largest absolute Gasteiger partial charge is 0.451 e. The predicted molar refractivity (Wildman–Crippen MR) is 119 cm³/mol. The second-order valence-corrected chi connectivity index (χ2v) is 7.55. The Morgan fingerprint density at radius 3 is 2.40 bits per heavy atom. The third kappa shape index (κ3) is 4.41. The summed E-state index contributed by atoms with van der Waals surface area (Å²) in [5.74, 6) is 0.232. The lowest BCUT2D eigenvalue weighted by Crippen LogP contribution is -2.14. The normalized spacial score (nSPS) is 11.8. The Labute approximate surface area is 183 Å². The van der Waals surface area contributed by atoms with Crippen LogP contribution in [0.1, 0.15) is 27.8 Å². The molecule has 0 aliphatic rings. The van der Waals surface area contributed by atoms with Gasteiger partial charge in [0.05, 0.1) is 0 Å². The molecule has 0 saturated carbocycles. The van der Waals surface area contributed by atoms with Crippen LogP contribution in [0.25, 0.3) is 11.3 Å². The van der Waals surface area contributed by atoms with Gasteiger partial charge in [-0.3, -0.25) is 4.79 Å². The summed E-state index contributed by atoms with van der Waals surface area (Å²) >= 11 is 12.2. The smallest absolute Gasteiger partial charge is 0.291 e. The van der Waals surface area contributed by atoms with Gasteiger partial charge in [0.2, 0.25) is 0 Å². The van der Waals surface area contributed by atoms with Crippen LogP contribution in [0.3, 0.4) is 0 Å². The summed E-state index contributed by atoms with van der Waals surface area (Å²) in [6.45, 7) is 0. The summed E-state index contributed by atoms with van der Waals surface area (Å²) in [5, 5.41) is 14.7. The second kappa shape index (κ2) is 8.76. The minimum absolute atomic E-state index is 0.139. The average molecular weight is 438 g/mol. The minimum Gasteiger partial charge on any atom is -0.451 e. The van der Waals surface area contributed by atoms with Gasteiger partial charge in [0, 0.05) is 26.9 Å². The number of hydrogen-bond acceptors (Lipinski definition) is 3. The molecular weight excluding hydrogens is 421 g/mol. The van der Waals surface area contributed by atoms with E-state index in [9.17, 15) is 9.90 Å². The zero-order chi connectivity index (χ0) is 21.1. The van der Waals surface area contributed by atoms with Crippen molar-refractivity contribution in [1.29, 1.82) is 0 Å². The lowest BCUT2D eigenvalue weighted by atomic mass is 10.00. The van der Waals surface area contributed by atoms with Gasteiger partial charge in [-0.1, -0.05) is 65.7 Å². The first-order valence-corrected chi connectivity index (χ1v) is 9.96. The summed E-state index contributed by atoms with van der Waals surface area (Å²) in [6, 6.07) is 24.6. The van der Waals surface area contributed by atoms with Crippen LogP contribution in [0.15, 0.2) is 89.3 Å². The highest BCUT2D eigenvalue weighted by molar-refractivity contribution is 6.31. The highest BCUT2D eigenvalue weighted by Gasteiger charge is 2.19. The van der Waals surface area contributed by atoms with Crippen molar-refractivity contribution in [1.82, 2.24) is 0 Å². The van der Waals surface area contributed by atoms with Crippen LogP contribution in [0, 0.1) is 0 Å². The Hall–Kier alpha value is -3.05. The van der Waals surface area contributed by atoms with Crippen LogP contribution in [0.4, 0.5) is 5.69 Å². The monoisotopic (exact) mass is 437 g/mol. The van der Waals surface area contributed by atoms with E-state index in [-0.39, 0.29) is 5.76 Å². The van der Waals surface area contributed by atoms with E-state index in [1.165, 1.54) is 0 Å². The van der Waals surface area contributed by atoms with Crippen LogP contribution >= 0.6 is 23.2 Å². The van der Waals surface area contributed by atoms with Crippen molar-refractivity contribution in [3.05, 3.63) is 112 Å². The highest BCUT2D eigenvalue weighted by atomic mass is 35.5. The molecule has 1 heterocycles. The van der Waals surface area contributed by atoms with E-state index < -0.39 is 12.0 Å². The Morgan fingerprint density at radius 2 is 1.63 bits per heavy atom. The van der Waals surface area contributed by atoms with Crippen molar-refractivity contribution in [3.8, 4) is 11.3 Å². The van der Waals surface area contributed by atoms with Crippen LogP contribution in [-0.4, -0.2) is 11.0 Å². The molecule has 1 amide bonds. The molecule has 0 spiro atoms. The number of aliphatic hydroxyl groups excluding tert-OH is 1. The molecule has 4 nitrogen and oxygen atoms in total. The first kappa shape index (κ1) is 20.2. The van der Waals surface area contributed by atoms with E-state index in [1.807, 2.05) is 30.3 Å². The van der Waals surface area contributed by atoms with E-state index in [1.54, 1.807) is 54.6 Å². The second-order valence-electron chi connectivity index (χ2n) is 6.67. The van der Waals surface area contributed by atoms with E-state index in [4.69, 9.17) is 27.6 Å². The molecule has 0 saturated heterocycles. The Balaban J connectivity index is 1.60. The molecule has 1 unspecified atom stereocenters. The quantitative estimate of drug-likeness (QED) is 0.370. The molecule has 30 heavy (non-hydrogen) atoms. The van der Waals surface area contributed by atoms with Crippen molar-refractivity contribution in [2.24, 2.45) is 0 Å². The molecule has 0 fully saturated rings.